The van der Waals surface area contributed by atoms with Crippen molar-refractivity contribution >= 4 is 17.8 Å². The van der Waals surface area contributed by atoms with Gasteiger partial charge in [-0.1, -0.05) is 30.3 Å². The average molecular weight is 348 g/mol. The Bertz CT molecular complexity index is 845. The first-order valence-electron chi connectivity index (χ1n) is 8.36. The first-order valence-corrected chi connectivity index (χ1v) is 9.35. The number of rotatable bonds is 5. The fraction of sp³-hybridized carbons (Fsp3) is 0.143. The molecule has 126 valence electrons. The predicted octanol–water partition coefficient (Wildman–Crippen LogP) is 4.69. The second-order valence-corrected chi connectivity index (χ2v) is 7.05. The van der Waals surface area contributed by atoms with Crippen molar-refractivity contribution in [3.05, 3.63) is 89.1 Å². The molecule has 4 rings (SSSR count). The van der Waals surface area contributed by atoms with Crippen LogP contribution in [0, 0.1) is 0 Å². The largest absolute Gasteiger partial charge is 0.489 e. The van der Waals surface area contributed by atoms with Crippen molar-refractivity contribution in [1.29, 1.82) is 0 Å². The molecule has 3 nitrogen and oxygen atoms in total. The zero-order valence-electron chi connectivity index (χ0n) is 13.9. The Morgan fingerprint density at radius 2 is 1.88 bits per heavy atom. The molecule has 1 aliphatic heterocycles. The van der Waals surface area contributed by atoms with Crippen molar-refractivity contribution in [3.63, 3.8) is 0 Å². The Morgan fingerprint density at radius 3 is 2.64 bits per heavy atom. The summed E-state index contributed by atoms with van der Waals surface area (Å²) in [6.07, 6.45) is 6.50. The zero-order chi connectivity index (χ0) is 16.9. The molecule has 0 aliphatic carbocycles. The highest BCUT2D eigenvalue weighted by atomic mass is 32.2. The highest BCUT2D eigenvalue weighted by molar-refractivity contribution is 8.03. The van der Waals surface area contributed by atoms with Gasteiger partial charge < -0.3 is 14.6 Å². The maximum Gasteiger partial charge on any atom is 0.119 e. The van der Waals surface area contributed by atoms with Crippen molar-refractivity contribution in [2.24, 2.45) is 0 Å². The molecule has 4 heteroatoms. The molecule has 0 bridgehead atoms. The van der Waals surface area contributed by atoms with Gasteiger partial charge in [0.25, 0.3) is 0 Å². The first kappa shape index (κ1) is 16.1. The van der Waals surface area contributed by atoms with E-state index in [2.05, 4.69) is 58.7 Å². The van der Waals surface area contributed by atoms with Crippen LogP contribution in [-0.2, 0) is 6.61 Å². The van der Waals surface area contributed by atoms with Gasteiger partial charge >= 0.3 is 0 Å². The first-order chi connectivity index (χ1) is 12.4. The quantitative estimate of drug-likeness (QED) is 0.724. The summed E-state index contributed by atoms with van der Waals surface area (Å²) in [5.41, 5.74) is 3.54. The van der Waals surface area contributed by atoms with Crippen molar-refractivity contribution in [3.8, 4) is 11.4 Å². The van der Waals surface area contributed by atoms with Gasteiger partial charge in [-0.05, 0) is 47.5 Å². The molecule has 2 heterocycles. The molecule has 0 atom stereocenters. The molecule has 0 unspecified atom stereocenters. The van der Waals surface area contributed by atoms with Gasteiger partial charge in [0.15, 0.2) is 0 Å². The summed E-state index contributed by atoms with van der Waals surface area (Å²) >= 11 is 1.87. The van der Waals surface area contributed by atoms with Crippen LogP contribution in [0.3, 0.4) is 0 Å². The molecule has 0 spiro atoms. The lowest BCUT2D eigenvalue weighted by Gasteiger charge is -2.08. The lowest BCUT2D eigenvalue weighted by molar-refractivity contribution is 0.306. The lowest BCUT2D eigenvalue weighted by Crippen LogP contribution is -2.04. The maximum atomic E-state index is 5.85. The summed E-state index contributed by atoms with van der Waals surface area (Å²) in [4.78, 5) is 1.39. The molecule has 1 fully saturated rings. The summed E-state index contributed by atoms with van der Waals surface area (Å²) in [5.74, 6) is 1.90. The van der Waals surface area contributed by atoms with E-state index in [-0.39, 0.29) is 0 Å². The molecule has 0 radical (unpaired) electrons. The maximum absolute atomic E-state index is 5.85. The molecule has 2 aromatic carbocycles. The number of benzene rings is 2. The third-order valence-corrected chi connectivity index (χ3v) is 5.07. The summed E-state index contributed by atoms with van der Waals surface area (Å²) in [7, 11) is 0. The molecule has 1 aromatic heterocycles. The van der Waals surface area contributed by atoms with Crippen molar-refractivity contribution in [2.75, 3.05) is 12.4 Å². The van der Waals surface area contributed by atoms with Crippen molar-refractivity contribution in [2.45, 2.75) is 6.61 Å². The van der Waals surface area contributed by atoms with Gasteiger partial charge in [0.1, 0.15) is 12.4 Å². The standard InChI is InChI=1S/C21H20N2OS/c1-2-4-17(5-3-1)15-24-20-8-6-19(7-9-20)23-11-10-18(14-23)12-21-13-22-16-25-21/h1-12,14,22H,13,15-16H2/b21-12-. The minimum Gasteiger partial charge on any atom is -0.489 e. The van der Waals surface area contributed by atoms with E-state index < -0.39 is 0 Å². The third kappa shape index (κ3) is 4.16. The Kier molecular flexibility index (Phi) is 4.91. The molecule has 3 aromatic rings. The predicted molar refractivity (Wildman–Crippen MR) is 105 cm³/mol. The number of hydrogen-bond acceptors (Lipinski definition) is 3. The zero-order valence-corrected chi connectivity index (χ0v) is 14.7. The van der Waals surface area contributed by atoms with Crippen LogP contribution in [0.15, 0.2) is 78.0 Å². The molecule has 1 aliphatic rings. The van der Waals surface area contributed by atoms with E-state index in [1.165, 1.54) is 16.0 Å². The normalized spacial score (nSPS) is 15.6. The van der Waals surface area contributed by atoms with Gasteiger partial charge in [0.2, 0.25) is 0 Å². The van der Waals surface area contributed by atoms with Crippen LogP contribution in [-0.4, -0.2) is 17.0 Å². The van der Waals surface area contributed by atoms with Crippen LogP contribution in [0.2, 0.25) is 0 Å². The summed E-state index contributed by atoms with van der Waals surface area (Å²) < 4.78 is 7.99. The Morgan fingerprint density at radius 1 is 1.04 bits per heavy atom. The number of aromatic nitrogens is 1. The van der Waals surface area contributed by atoms with Crippen LogP contribution in [0.25, 0.3) is 11.8 Å². The van der Waals surface area contributed by atoms with E-state index in [9.17, 15) is 0 Å². The molecule has 0 amide bonds. The van der Waals surface area contributed by atoms with E-state index >= 15 is 0 Å². The molecule has 1 saturated heterocycles. The fourth-order valence-electron chi connectivity index (χ4n) is 2.76. The van der Waals surface area contributed by atoms with E-state index in [0.717, 1.165) is 23.9 Å². The molecular formula is C21H20N2OS. The highest BCUT2D eigenvalue weighted by Crippen LogP contribution is 2.23. The van der Waals surface area contributed by atoms with Crippen LogP contribution in [0.5, 0.6) is 5.75 Å². The van der Waals surface area contributed by atoms with Crippen LogP contribution < -0.4 is 10.1 Å². The minimum absolute atomic E-state index is 0.590. The summed E-state index contributed by atoms with van der Waals surface area (Å²) in [6, 6.07) is 20.6. The van der Waals surface area contributed by atoms with Gasteiger partial charge in [-0.15, -0.1) is 11.8 Å². The van der Waals surface area contributed by atoms with Gasteiger partial charge in [-0.3, -0.25) is 0 Å². The Balaban J connectivity index is 1.41. The topological polar surface area (TPSA) is 26.2 Å². The van der Waals surface area contributed by atoms with Gasteiger partial charge in [0.05, 0.1) is 0 Å². The van der Waals surface area contributed by atoms with E-state index in [0.29, 0.717) is 6.61 Å². The number of hydrogen-bond donors (Lipinski definition) is 1. The number of ether oxygens (including phenoxy) is 1. The SMILES string of the molecule is C(=C1\CNCS1)/c1ccn(-c2ccc(OCc3ccccc3)cc2)c1. The molecule has 0 saturated carbocycles. The highest BCUT2D eigenvalue weighted by Gasteiger charge is 2.06. The van der Waals surface area contributed by atoms with Crippen molar-refractivity contribution < 1.29 is 4.74 Å². The molecule has 25 heavy (non-hydrogen) atoms. The Labute approximate surface area is 152 Å². The number of thioether (sulfide) groups is 1. The monoisotopic (exact) mass is 348 g/mol. The molecule has 1 N–H and O–H groups in total. The lowest BCUT2D eigenvalue weighted by atomic mass is 10.2. The van der Waals surface area contributed by atoms with E-state index in [1.54, 1.807) is 0 Å². The number of nitrogens with zero attached hydrogens (tertiary/aromatic N) is 1. The smallest absolute Gasteiger partial charge is 0.119 e. The Hall–Kier alpha value is -2.43. The van der Waals surface area contributed by atoms with Gasteiger partial charge in [0, 0.05) is 35.4 Å². The fourth-order valence-corrected chi connectivity index (χ4v) is 3.58. The summed E-state index contributed by atoms with van der Waals surface area (Å²) in [6.45, 7) is 1.57. The van der Waals surface area contributed by atoms with Gasteiger partial charge in [-0.2, -0.15) is 0 Å². The van der Waals surface area contributed by atoms with Crippen molar-refractivity contribution in [1.82, 2.24) is 9.88 Å². The van der Waals surface area contributed by atoms with Crippen LogP contribution >= 0.6 is 11.8 Å². The second-order valence-electron chi connectivity index (χ2n) is 5.95. The number of nitrogens with one attached hydrogen (secondary N) is 1. The summed E-state index contributed by atoms with van der Waals surface area (Å²) in [5, 5.41) is 3.33. The van der Waals surface area contributed by atoms with Crippen LogP contribution in [0.4, 0.5) is 0 Å². The van der Waals surface area contributed by atoms with Gasteiger partial charge in [-0.25, -0.2) is 0 Å². The minimum atomic E-state index is 0.590. The van der Waals surface area contributed by atoms with Crippen LogP contribution in [0.1, 0.15) is 11.1 Å². The third-order valence-electron chi connectivity index (χ3n) is 4.09. The second kappa shape index (κ2) is 7.64. The molecular weight excluding hydrogens is 328 g/mol. The average Bonchev–Trinajstić information content (AvgIpc) is 3.34. The van der Waals surface area contributed by atoms with E-state index in [1.807, 2.05) is 42.1 Å². The van der Waals surface area contributed by atoms with E-state index in [4.69, 9.17) is 4.74 Å².